The number of amides is 2. The highest BCUT2D eigenvalue weighted by atomic mass is 79.9. The van der Waals surface area contributed by atoms with Crippen LogP contribution in [0.1, 0.15) is 25.3 Å². The topological polar surface area (TPSA) is 65.3 Å². The average Bonchev–Trinajstić information content (AvgIpc) is 3.32. The summed E-state index contributed by atoms with van der Waals surface area (Å²) in [5, 5.41) is 12.5. The number of carbonyl (C=O) groups is 2. The molecule has 0 aromatic heterocycles. The van der Waals surface area contributed by atoms with Crippen molar-refractivity contribution >= 4 is 78.1 Å². The van der Waals surface area contributed by atoms with Gasteiger partial charge in [-0.15, -0.1) is 0 Å². The maximum atomic E-state index is 13.9. The van der Waals surface area contributed by atoms with Crippen molar-refractivity contribution in [3.63, 3.8) is 0 Å². The third kappa shape index (κ3) is 4.42. The quantitative estimate of drug-likeness (QED) is 0.305. The van der Waals surface area contributed by atoms with Gasteiger partial charge in [0.05, 0.1) is 23.2 Å². The second-order valence-electron chi connectivity index (χ2n) is 8.74. The van der Waals surface area contributed by atoms with Crippen LogP contribution in [0.4, 0.5) is 11.4 Å². The largest absolute Gasteiger partial charge is 0.272 e. The van der Waals surface area contributed by atoms with E-state index in [-0.39, 0.29) is 11.8 Å². The minimum Gasteiger partial charge on any atom is -0.272 e. The molecule has 9 heteroatoms. The van der Waals surface area contributed by atoms with Gasteiger partial charge in [-0.05, 0) is 74.0 Å². The fourth-order valence-corrected chi connectivity index (χ4v) is 5.61. The minimum absolute atomic E-state index is 0.206. The molecule has 0 radical (unpaired) electrons. The molecule has 2 aliphatic rings. The lowest BCUT2D eigenvalue weighted by Crippen LogP contribution is -2.40. The maximum absolute atomic E-state index is 13.9. The van der Waals surface area contributed by atoms with Gasteiger partial charge in [0, 0.05) is 31.3 Å². The van der Waals surface area contributed by atoms with Crippen LogP contribution in [-0.4, -0.2) is 23.2 Å². The molecule has 36 heavy (non-hydrogen) atoms. The lowest BCUT2D eigenvalue weighted by molar-refractivity contribution is -0.122. The van der Waals surface area contributed by atoms with Gasteiger partial charge in [-0.25, -0.2) is 10.0 Å². The van der Waals surface area contributed by atoms with Gasteiger partial charge in [-0.3, -0.25) is 9.59 Å². The molecule has 2 heterocycles. The highest BCUT2D eigenvalue weighted by Gasteiger charge is 2.50. The van der Waals surface area contributed by atoms with Crippen molar-refractivity contribution < 1.29 is 9.59 Å². The van der Waals surface area contributed by atoms with Crippen molar-refractivity contribution in [2.45, 2.75) is 19.8 Å². The van der Waals surface area contributed by atoms with Gasteiger partial charge in [-0.2, -0.15) is 10.2 Å². The average molecular weight is 629 g/mol. The van der Waals surface area contributed by atoms with Gasteiger partial charge < -0.3 is 0 Å². The van der Waals surface area contributed by atoms with Crippen molar-refractivity contribution in [3.05, 3.63) is 92.3 Å². The van der Waals surface area contributed by atoms with Crippen molar-refractivity contribution in [2.24, 2.45) is 22.0 Å². The summed E-state index contributed by atoms with van der Waals surface area (Å²) in [6.45, 7) is 3.65. The van der Waals surface area contributed by atoms with E-state index in [4.69, 9.17) is 11.6 Å². The maximum Gasteiger partial charge on any atom is 0.256 e. The molecule has 5 rings (SSSR count). The molecule has 2 atom stereocenters. The summed E-state index contributed by atoms with van der Waals surface area (Å²) in [6.07, 6.45) is 0. The number of carbonyl (C=O) groups excluding carboxylic acids is 2. The van der Waals surface area contributed by atoms with E-state index >= 15 is 0 Å². The van der Waals surface area contributed by atoms with E-state index in [1.165, 1.54) is 10.0 Å². The van der Waals surface area contributed by atoms with Crippen LogP contribution >= 0.6 is 43.5 Å². The van der Waals surface area contributed by atoms with Crippen molar-refractivity contribution in [3.8, 4) is 0 Å². The molecule has 3 aromatic carbocycles. The minimum atomic E-state index is -0.683. The number of nitrogens with zero attached hydrogens (tertiary/aromatic N) is 4. The summed E-state index contributed by atoms with van der Waals surface area (Å²) < 4.78 is 1.81. The van der Waals surface area contributed by atoms with Crippen LogP contribution in [0.5, 0.6) is 0 Å². The van der Waals surface area contributed by atoms with Crippen LogP contribution in [0.3, 0.4) is 0 Å². The number of hydrazone groups is 2. The monoisotopic (exact) mass is 626 g/mol. The Morgan fingerprint density at radius 3 is 1.56 bits per heavy atom. The van der Waals surface area contributed by atoms with Crippen LogP contribution in [0.2, 0.25) is 5.02 Å². The van der Waals surface area contributed by atoms with E-state index in [0.29, 0.717) is 27.8 Å². The van der Waals surface area contributed by atoms with E-state index in [1.807, 2.05) is 80.6 Å². The van der Waals surface area contributed by atoms with Crippen molar-refractivity contribution in [1.82, 2.24) is 0 Å². The highest BCUT2D eigenvalue weighted by Crippen LogP contribution is 2.44. The molecule has 2 amide bonds. The summed E-state index contributed by atoms with van der Waals surface area (Å²) in [5.41, 5.74) is 3.27. The fourth-order valence-electron chi connectivity index (χ4n) is 4.82. The lowest BCUT2D eigenvalue weighted by atomic mass is 9.73. The Balaban J connectivity index is 1.57. The molecule has 2 aliphatic heterocycles. The third-order valence-electron chi connectivity index (χ3n) is 6.49. The molecule has 182 valence electrons. The Morgan fingerprint density at radius 1 is 0.722 bits per heavy atom. The first kappa shape index (κ1) is 24.9. The first-order chi connectivity index (χ1) is 17.3. The predicted octanol–water partition coefficient (Wildman–Crippen LogP) is 7.03. The summed E-state index contributed by atoms with van der Waals surface area (Å²) in [5.74, 6) is -2.35. The Kier molecular flexibility index (Phi) is 6.85. The molecular weight excluding hydrogens is 608 g/mol. The zero-order chi connectivity index (χ0) is 25.6. The number of halogens is 3. The number of hydrogen-bond donors (Lipinski definition) is 0. The van der Waals surface area contributed by atoms with Gasteiger partial charge in [0.15, 0.2) is 0 Å². The van der Waals surface area contributed by atoms with Gasteiger partial charge in [0.25, 0.3) is 11.8 Å². The van der Waals surface area contributed by atoms with Crippen molar-refractivity contribution in [2.75, 3.05) is 10.0 Å². The zero-order valence-electron chi connectivity index (χ0n) is 19.4. The SMILES string of the molecule is CC1=NN(c2ccc(Br)cc2)C(=O)C1C(c1ccccc1Cl)C1C(=O)N(c2ccc(Br)cc2)N=C1C. The third-order valence-corrected chi connectivity index (χ3v) is 7.89. The van der Waals surface area contributed by atoms with E-state index in [9.17, 15) is 9.59 Å². The second kappa shape index (κ2) is 9.92. The molecule has 0 aliphatic carbocycles. The van der Waals surface area contributed by atoms with Gasteiger partial charge in [0.2, 0.25) is 0 Å². The molecule has 2 unspecified atom stereocenters. The van der Waals surface area contributed by atoms with Crippen LogP contribution < -0.4 is 10.0 Å². The molecule has 0 bridgehead atoms. The molecular formula is C27H21Br2ClN4O2. The van der Waals surface area contributed by atoms with E-state index in [0.717, 1.165) is 14.5 Å². The Labute approximate surface area is 230 Å². The molecule has 0 fully saturated rings. The Hall–Kier alpha value is -2.81. The summed E-state index contributed by atoms with van der Waals surface area (Å²) in [7, 11) is 0. The molecule has 0 spiro atoms. The standard InChI is InChI=1S/C27H21Br2ClN4O2/c1-15-23(26(35)33(31-15)19-11-7-17(28)8-12-19)25(21-5-3-4-6-22(21)30)24-16(2)32-34(27(24)36)20-13-9-18(29)10-14-20/h3-14,23-25H,1-2H3. The van der Waals surface area contributed by atoms with Crippen LogP contribution in [-0.2, 0) is 9.59 Å². The first-order valence-electron chi connectivity index (χ1n) is 11.3. The smallest absolute Gasteiger partial charge is 0.256 e. The lowest BCUT2D eigenvalue weighted by Gasteiger charge is -2.29. The van der Waals surface area contributed by atoms with Gasteiger partial charge >= 0.3 is 0 Å². The van der Waals surface area contributed by atoms with Crippen LogP contribution in [0, 0.1) is 11.8 Å². The molecule has 0 saturated heterocycles. The summed E-state index contributed by atoms with van der Waals surface area (Å²) in [4.78, 5) is 27.7. The van der Waals surface area contributed by atoms with E-state index in [2.05, 4.69) is 42.1 Å². The molecule has 3 aromatic rings. The highest BCUT2D eigenvalue weighted by molar-refractivity contribution is 9.10. The van der Waals surface area contributed by atoms with Gasteiger partial charge in [-0.1, -0.05) is 61.7 Å². The molecule has 0 N–H and O–H groups in total. The molecule has 6 nitrogen and oxygen atoms in total. The van der Waals surface area contributed by atoms with E-state index in [1.54, 1.807) is 6.07 Å². The summed E-state index contributed by atoms with van der Waals surface area (Å²) >= 11 is 13.5. The second-order valence-corrected chi connectivity index (χ2v) is 11.0. The van der Waals surface area contributed by atoms with Crippen LogP contribution in [0.25, 0.3) is 0 Å². The van der Waals surface area contributed by atoms with Gasteiger partial charge in [0.1, 0.15) is 0 Å². The normalized spacial score (nSPS) is 20.6. The zero-order valence-corrected chi connectivity index (χ0v) is 23.3. The number of anilines is 2. The summed E-state index contributed by atoms with van der Waals surface area (Å²) in [6, 6.07) is 22.1. The van der Waals surface area contributed by atoms with Crippen LogP contribution in [0.15, 0.2) is 91.9 Å². The van der Waals surface area contributed by atoms with E-state index < -0.39 is 17.8 Å². The number of benzene rings is 3. The fraction of sp³-hybridized carbons (Fsp3) is 0.185. The van der Waals surface area contributed by atoms with Crippen molar-refractivity contribution in [1.29, 1.82) is 0 Å². The first-order valence-corrected chi connectivity index (χ1v) is 13.3. The number of hydrogen-bond acceptors (Lipinski definition) is 4. The Morgan fingerprint density at radius 2 is 1.14 bits per heavy atom. The number of rotatable bonds is 5. The molecule has 0 saturated carbocycles. The predicted molar refractivity (Wildman–Crippen MR) is 151 cm³/mol. The Bertz CT molecular complexity index is 1320.